The highest BCUT2D eigenvalue weighted by molar-refractivity contribution is 7.99. The molecule has 26 heavy (non-hydrogen) atoms. The summed E-state index contributed by atoms with van der Waals surface area (Å²) in [5.41, 5.74) is 1.31. The van der Waals surface area contributed by atoms with Gasteiger partial charge >= 0.3 is 0 Å². The van der Waals surface area contributed by atoms with E-state index < -0.39 is 10.0 Å². The highest BCUT2D eigenvalue weighted by Crippen LogP contribution is 2.28. The average molecular weight is 397 g/mol. The van der Waals surface area contributed by atoms with E-state index in [0.717, 1.165) is 29.4 Å². The van der Waals surface area contributed by atoms with E-state index in [2.05, 4.69) is 5.32 Å². The van der Waals surface area contributed by atoms with Crippen molar-refractivity contribution in [1.82, 2.24) is 9.62 Å². The number of thioether (sulfide) groups is 1. The van der Waals surface area contributed by atoms with Gasteiger partial charge in [0.05, 0.1) is 5.75 Å². The lowest BCUT2D eigenvalue weighted by Gasteiger charge is -2.15. The molecule has 1 saturated carbocycles. The first-order valence-corrected chi connectivity index (χ1v) is 12.2. The number of sulfonamides is 1. The third kappa shape index (κ3) is 5.47. The third-order valence-electron chi connectivity index (χ3n) is 5.07. The van der Waals surface area contributed by atoms with Crippen molar-refractivity contribution in [3.63, 3.8) is 0 Å². The molecule has 0 atom stereocenters. The van der Waals surface area contributed by atoms with E-state index in [9.17, 15) is 13.2 Å². The minimum absolute atomic E-state index is 0.00687. The zero-order valence-electron chi connectivity index (χ0n) is 15.2. The van der Waals surface area contributed by atoms with Crippen LogP contribution in [0.5, 0.6) is 0 Å². The molecule has 1 aromatic carbocycles. The normalized spacial score (nSPS) is 19.1. The Kier molecular flexibility index (Phi) is 7.00. The summed E-state index contributed by atoms with van der Waals surface area (Å²) in [5.74, 6) is 0.862. The Labute approximate surface area is 161 Å². The molecule has 2 fully saturated rings. The minimum Gasteiger partial charge on any atom is -0.351 e. The second-order valence-electron chi connectivity index (χ2n) is 7.09. The van der Waals surface area contributed by atoms with Gasteiger partial charge in [0.1, 0.15) is 0 Å². The number of benzene rings is 1. The van der Waals surface area contributed by atoms with Crippen molar-refractivity contribution in [2.45, 2.75) is 49.5 Å². The fourth-order valence-corrected chi connectivity index (χ4v) is 6.40. The van der Waals surface area contributed by atoms with Gasteiger partial charge in [-0.3, -0.25) is 4.79 Å². The topological polar surface area (TPSA) is 66.5 Å². The van der Waals surface area contributed by atoms with Gasteiger partial charge in [0.25, 0.3) is 5.91 Å². The van der Waals surface area contributed by atoms with Gasteiger partial charge in [-0.15, -0.1) is 0 Å². The van der Waals surface area contributed by atoms with Crippen LogP contribution >= 0.6 is 11.8 Å². The fraction of sp³-hybridized carbons (Fsp3) is 0.632. The summed E-state index contributed by atoms with van der Waals surface area (Å²) < 4.78 is 26.3. The molecule has 1 aromatic rings. The second-order valence-corrected chi connectivity index (χ2v) is 10.5. The molecule has 0 aromatic heterocycles. The lowest BCUT2D eigenvalue weighted by molar-refractivity contribution is 0.0956. The van der Waals surface area contributed by atoms with Gasteiger partial charge in [-0.05, 0) is 43.4 Å². The Morgan fingerprint density at radius 1 is 1.08 bits per heavy atom. The van der Waals surface area contributed by atoms with Crippen molar-refractivity contribution >= 4 is 27.7 Å². The SMILES string of the molecule is O=C(NCCSC1CCCC1)c1ccc(CS(=O)(=O)N2CCCC2)cc1. The van der Waals surface area contributed by atoms with Crippen molar-refractivity contribution in [2.24, 2.45) is 0 Å². The van der Waals surface area contributed by atoms with Gasteiger partial charge in [0.15, 0.2) is 0 Å². The van der Waals surface area contributed by atoms with E-state index in [1.54, 1.807) is 28.6 Å². The maximum Gasteiger partial charge on any atom is 0.251 e. The van der Waals surface area contributed by atoms with Crippen molar-refractivity contribution in [1.29, 1.82) is 0 Å². The number of rotatable bonds is 8. The second kappa shape index (κ2) is 9.24. The molecule has 0 bridgehead atoms. The summed E-state index contributed by atoms with van der Waals surface area (Å²) in [4.78, 5) is 12.2. The number of carbonyl (C=O) groups is 1. The summed E-state index contributed by atoms with van der Waals surface area (Å²) in [6.45, 7) is 1.93. The highest BCUT2D eigenvalue weighted by atomic mass is 32.2. The van der Waals surface area contributed by atoms with Crippen LogP contribution in [0.15, 0.2) is 24.3 Å². The van der Waals surface area contributed by atoms with E-state index in [-0.39, 0.29) is 11.7 Å². The molecule has 7 heteroatoms. The minimum atomic E-state index is -3.24. The van der Waals surface area contributed by atoms with Gasteiger partial charge in [-0.25, -0.2) is 12.7 Å². The molecule has 0 radical (unpaired) electrons. The summed E-state index contributed by atoms with van der Waals surface area (Å²) >= 11 is 1.96. The van der Waals surface area contributed by atoms with E-state index in [0.29, 0.717) is 25.2 Å². The molecule has 2 aliphatic rings. The Balaban J connectivity index is 1.44. The maximum atomic E-state index is 12.3. The maximum absolute atomic E-state index is 12.3. The largest absolute Gasteiger partial charge is 0.351 e. The predicted molar refractivity (Wildman–Crippen MR) is 107 cm³/mol. The molecule has 3 rings (SSSR count). The van der Waals surface area contributed by atoms with Gasteiger partial charge in [-0.1, -0.05) is 25.0 Å². The van der Waals surface area contributed by atoms with Crippen LogP contribution in [-0.2, 0) is 15.8 Å². The quantitative estimate of drug-likeness (QED) is 0.686. The Morgan fingerprint density at radius 2 is 1.73 bits per heavy atom. The fourth-order valence-electron chi connectivity index (χ4n) is 3.57. The Bertz CT molecular complexity index is 692. The third-order valence-corrected chi connectivity index (χ3v) is 8.30. The molecular weight excluding hydrogens is 368 g/mol. The Hall–Kier alpha value is -1.05. The van der Waals surface area contributed by atoms with Crippen molar-refractivity contribution < 1.29 is 13.2 Å². The monoisotopic (exact) mass is 396 g/mol. The number of hydrogen-bond acceptors (Lipinski definition) is 4. The summed E-state index contributed by atoms with van der Waals surface area (Å²) in [5, 5.41) is 3.72. The van der Waals surface area contributed by atoms with Crippen molar-refractivity contribution in [3.05, 3.63) is 35.4 Å². The Morgan fingerprint density at radius 3 is 2.38 bits per heavy atom. The molecule has 0 unspecified atom stereocenters. The molecular formula is C19H28N2O3S2. The summed E-state index contributed by atoms with van der Waals surface area (Å²) in [6.07, 6.45) is 7.17. The molecule has 1 heterocycles. The average Bonchev–Trinajstić information content (AvgIpc) is 3.32. The van der Waals surface area contributed by atoms with Crippen LogP contribution in [0.4, 0.5) is 0 Å². The van der Waals surface area contributed by atoms with E-state index in [1.165, 1.54) is 25.7 Å². The highest BCUT2D eigenvalue weighted by Gasteiger charge is 2.25. The number of hydrogen-bond donors (Lipinski definition) is 1. The number of amides is 1. The lowest BCUT2D eigenvalue weighted by atomic mass is 10.1. The lowest BCUT2D eigenvalue weighted by Crippen LogP contribution is -2.29. The molecule has 1 aliphatic heterocycles. The smallest absolute Gasteiger partial charge is 0.251 e. The summed E-state index contributed by atoms with van der Waals surface area (Å²) in [6, 6.07) is 6.92. The van der Waals surface area contributed by atoms with Crippen LogP contribution in [0.1, 0.15) is 54.4 Å². The first kappa shape index (κ1) is 19.7. The zero-order valence-corrected chi connectivity index (χ0v) is 16.8. The number of carbonyl (C=O) groups excluding carboxylic acids is 1. The molecule has 0 spiro atoms. The van der Waals surface area contributed by atoms with Gasteiger partial charge in [0.2, 0.25) is 10.0 Å². The van der Waals surface area contributed by atoms with E-state index >= 15 is 0 Å². The van der Waals surface area contributed by atoms with E-state index in [4.69, 9.17) is 0 Å². The molecule has 1 aliphatic carbocycles. The molecule has 1 N–H and O–H groups in total. The first-order valence-electron chi connectivity index (χ1n) is 9.51. The molecule has 1 saturated heterocycles. The summed E-state index contributed by atoms with van der Waals surface area (Å²) in [7, 11) is -3.24. The van der Waals surface area contributed by atoms with Crippen LogP contribution in [0.3, 0.4) is 0 Å². The van der Waals surface area contributed by atoms with Crippen LogP contribution < -0.4 is 5.32 Å². The van der Waals surface area contributed by atoms with Gasteiger partial charge in [-0.2, -0.15) is 11.8 Å². The number of nitrogens with zero attached hydrogens (tertiary/aromatic N) is 1. The zero-order chi connectivity index (χ0) is 18.4. The van der Waals surface area contributed by atoms with Crippen molar-refractivity contribution in [2.75, 3.05) is 25.4 Å². The van der Waals surface area contributed by atoms with Gasteiger partial charge in [0, 0.05) is 36.2 Å². The molecule has 1 amide bonds. The van der Waals surface area contributed by atoms with Crippen LogP contribution in [0.2, 0.25) is 0 Å². The van der Waals surface area contributed by atoms with E-state index in [1.807, 2.05) is 11.8 Å². The number of nitrogens with one attached hydrogen (secondary N) is 1. The van der Waals surface area contributed by atoms with Crippen LogP contribution in [0, 0.1) is 0 Å². The van der Waals surface area contributed by atoms with Crippen LogP contribution in [0.25, 0.3) is 0 Å². The molecule has 144 valence electrons. The predicted octanol–water partition coefficient (Wildman–Crippen LogP) is 3.02. The van der Waals surface area contributed by atoms with Gasteiger partial charge < -0.3 is 5.32 Å². The van der Waals surface area contributed by atoms with Crippen molar-refractivity contribution in [3.8, 4) is 0 Å². The first-order chi connectivity index (χ1) is 12.5. The standard InChI is InChI=1S/C19H28N2O3S2/c22-19(20-11-14-25-18-5-1-2-6-18)17-9-7-16(8-10-17)15-26(23,24)21-12-3-4-13-21/h7-10,18H,1-6,11-15H2,(H,20,22). The molecule has 5 nitrogen and oxygen atoms in total. The van der Waals surface area contributed by atoms with Crippen LogP contribution in [-0.4, -0.2) is 49.3 Å².